The first kappa shape index (κ1) is 15.8. The Hall–Kier alpha value is -0.670. The summed E-state index contributed by atoms with van der Waals surface area (Å²) in [7, 11) is 0. The highest BCUT2D eigenvalue weighted by Crippen LogP contribution is 2.66. The molecule has 0 aromatic heterocycles. The molecule has 0 amide bonds. The van der Waals surface area contributed by atoms with Gasteiger partial charge in [-0.1, -0.05) is 26.3 Å². The zero-order valence-electron chi connectivity index (χ0n) is 14.6. The third kappa shape index (κ3) is 1.87. The van der Waals surface area contributed by atoms with Crippen LogP contribution in [0.3, 0.4) is 0 Å². The number of aliphatic hydroxyl groups excluding tert-OH is 2. The molecule has 0 unspecified atom stereocenters. The number of hydrogen-bond acceptors (Lipinski definition) is 3. The molecule has 0 aromatic rings. The Morgan fingerprint density at radius 2 is 1.87 bits per heavy atom. The van der Waals surface area contributed by atoms with Crippen molar-refractivity contribution in [2.24, 2.45) is 34.5 Å². The molecule has 0 bridgehead atoms. The first-order valence-corrected chi connectivity index (χ1v) is 9.40. The van der Waals surface area contributed by atoms with Gasteiger partial charge in [0, 0.05) is 11.8 Å². The maximum absolute atomic E-state index is 11.9. The maximum Gasteiger partial charge on any atom is 0.155 e. The van der Waals surface area contributed by atoms with Crippen LogP contribution in [-0.4, -0.2) is 28.2 Å². The van der Waals surface area contributed by atoms with Crippen molar-refractivity contribution < 1.29 is 15.0 Å². The second-order valence-electron chi connectivity index (χ2n) is 9.13. The average Bonchev–Trinajstić information content (AvgIpc) is 2.82. The minimum Gasteiger partial charge on any atom is -0.393 e. The molecule has 4 aliphatic rings. The molecule has 8 atom stereocenters. The normalized spacial score (nSPS) is 55.7. The van der Waals surface area contributed by atoms with E-state index in [0.717, 1.165) is 32.1 Å². The fourth-order valence-corrected chi connectivity index (χ4v) is 6.97. The molecule has 3 heteroatoms. The quantitative estimate of drug-likeness (QED) is 0.721. The first-order chi connectivity index (χ1) is 10.8. The van der Waals surface area contributed by atoms with Crippen molar-refractivity contribution in [2.45, 2.75) is 71.5 Å². The van der Waals surface area contributed by atoms with E-state index < -0.39 is 0 Å². The molecule has 4 aliphatic carbocycles. The summed E-state index contributed by atoms with van der Waals surface area (Å²) in [5.74, 6) is 1.61. The molecule has 2 N–H and O–H groups in total. The number of rotatable bonds is 0. The lowest BCUT2D eigenvalue weighted by Crippen LogP contribution is -2.61. The largest absolute Gasteiger partial charge is 0.393 e. The smallest absolute Gasteiger partial charge is 0.155 e. The molecule has 0 heterocycles. The van der Waals surface area contributed by atoms with Crippen LogP contribution >= 0.6 is 0 Å². The first-order valence-electron chi connectivity index (χ1n) is 9.40. The van der Waals surface area contributed by atoms with E-state index in [4.69, 9.17) is 0 Å². The Bertz CT molecular complexity index is 567. The van der Waals surface area contributed by atoms with Crippen LogP contribution in [0.2, 0.25) is 0 Å². The molecule has 3 saturated carbocycles. The minimum absolute atomic E-state index is 0.0284. The highest BCUT2D eigenvalue weighted by molar-refractivity contribution is 5.91. The van der Waals surface area contributed by atoms with E-state index in [0.29, 0.717) is 18.3 Å². The zero-order valence-corrected chi connectivity index (χ0v) is 14.6. The van der Waals surface area contributed by atoms with E-state index in [1.807, 2.05) is 6.08 Å². The van der Waals surface area contributed by atoms with Crippen molar-refractivity contribution in [3.05, 3.63) is 11.6 Å². The lowest BCUT2D eigenvalue weighted by Gasteiger charge is -2.61. The average molecular weight is 318 g/mol. The van der Waals surface area contributed by atoms with E-state index in [9.17, 15) is 15.0 Å². The predicted molar refractivity (Wildman–Crippen MR) is 88.7 cm³/mol. The molecule has 0 aliphatic heterocycles. The highest BCUT2D eigenvalue weighted by Gasteiger charge is 2.64. The monoisotopic (exact) mass is 318 g/mol. The second-order valence-corrected chi connectivity index (χ2v) is 9.13. The number of ketones is 1. The van der Waals surface area contributed by atoms with Gasteiger partial charge in [0.05, 0.1) is 12.2 Å². The summed E-state index contributed by atoms with van der Waals surface area (Å²) < 4.78 is 0. The summed E-state index contributed by atoms with van der Waals surface area (Å²) in [6.45, 7) is 6.63. The van der Waals surface area contributed by atoms with Crippen LogP contribution < -0.4 is 0 Å². The number of aliphatic hydroxyl groups is 2. The van der Waals surface area contributed by atoms with E-state index >= 15 is 0 Å². The Kier molecular flexibility index (Phi) is 3.39. The van der Waals surface area contributed by atoms with Crippen LogP contribution in [-0.2, 0) is 4.79 Å². The van der Waals surface area contributed by atoms with Gasteiger partial charge in [-0.3, -0.25) is 4.79 Å². The third-order valence-electron chi connectivity index (χ3n) is 8.55. The van der Waals surface area contributed by atoms with Gasteiger partial charge in [0.2, 0.25) is 0 Å². The summed E-state index contributed by atoms with van der Waals surface area (Å²) in [6, 6.07) is 0. The zero-order chi connectivity index (χ0) is 16.6. The lowest BCUT2D eigenvalue weighted by atomic mass is 9.44. The Balaban J connectivity index is 1.78. The molecule has 3 fully saturated rings. The molecule has 128 valence electrons. The molecule has 23 heavy (non-hydrogen) atoms. The SMILES string of the molecule is C[C@@H]1[C@@H](O)[C@H]2[C@@H](CCC3=CC(=O)CC[C@@]32C)[C@@H]2CC[C@@H](O)[C@@]12C. The number of carbonyl (C=O) groups is 1. The van der Waals surface area contributed by atoms with Gasteiger partial charge in [0.1, 0.15) is 0 Å². The van der Waals surface area contributed by atoms with Crippen LogP contribution in [0, 0.1) is 34.5 Å². The van der Waals surface area contributed by atoms with E-state index in [2.05, 4.69) is 20.8 Å². The van der Waals surface area contributed by atoms with Crippen LogP contribution in [0.15, 0.2) is 11.6 Å². The van der Waals surface area contributed by atoms with Gasteiger partial charge >= 0.3 is 0 Å². The van der Waals surface area contributed by atoms with Gasteiger partial charge in [-0.2, -0.15) is 0 Å². The molecule has 4 rings (SSSR count). The van der Waals surface area contributed by atoms with Gasteiger partial charge in [-0.05, 0) is 67.3 Å². The van der Waals surface area contributed by atoms with Gasteiger partial charge in [0.25, 0.3) is 0 Å². The summed E-state index contributed by atoms with van der Waals surface area (Å²) in [4.78, 5) is 11.9. The fourth-order valence-electron chi connectivity index (χ4n) is 6.97. The lowest BCUT2D eigenvalue weighted by molar-refractivity contribution is -0.176. The molecule has 0 aromatic carbocycles. The topological polar surface area (TPSA) is 57.5 Å². The van der Waals surface area contributed by atoms with Crippen LogP contribution in [0.4, 0.5) is 0 Å². The molecule has 0 spiro atoms. The highest BCUT2D eigenvalue weighted by atomic mass is 16.3. The summed E-state index contributed by atoms with van der Waals surface area (Å²) in [5, 5.41) is 21.9. The van der Waals surface area contributed by atoms with Crippen molar-refractivity contribution in [3.8, 4) is 0 Å². The van der Waals surface area contributed by atoms with Gasteiger partial charge in [-0.25, -0.2) is 0 Å². The Morgan fingerprint density at radius 3 is 2.61 bits per heavy atom. The van der Waals surface area contributed by atoms with Crippen molar-refractivity contribution in [1.29, 1.82) is 0 Å². The van der Waals surface area contributed by atoms with Crippen LogP contribution in [0.1, 0.15) is 59.3 Å². The van der Waals surface area contributed by atoms with Crippen LogP contribution in [0.5, 0.6) is 0 Å². The fraction of sp³-hybridized carbons (Fsp3) is 0.850. The van der Waals surface area contributed by atoms with Crippen molar-refractivity contribution in [1.82, 2.24) is 0 Å². The Morgan fingerprint density at radius 1 is 1.13 bits per heavy atom. The van der Waals surface area contributed by atoms with E-state index in [-0.39, 0.29) is 40.7 Å². The molecule has 3 nitrogen and oxygen atoms in total. The van der Waals surface area contributed by atoms with Crippen molar-refractivity contribution >= 4 is 5.78 Å². The molecule has 0 radical (unpaired) electrons. The van der Waals surface area contributed by atoms with Crippen molar-refractivity contribution in [2.75, 3.05) is 0 Å². The molecular formula is C20H30O3. The van der Waals surface area contributed by atoms with Crippen LogP contribution in [0.25, 0.3) is 0 Å². The second kappa shape index (κ2) is 4.92. The minimum atomic E-state index is -0.379. The summed E-state index contributed by atoms with van der Waals surface area (Å²) in [6.07, 6.45) is 6.75. The number of allylic oxidation sites excluding steroid dienone is 1. The Labute approximate surface area is 139 Å². The number of carbonyl (C=O) groups excluding carboxylic acids is 1. The summed E-state index contributed by atoms with van der Waals surface area (Å²) >= 11 is 0. The van der Waals surface area contributed by atoms with Crippen molar-refractivity contribution in [3.63, 3.8) is 0 Å². The standard InChI is InChI=1S/C20H30O3/c1-11-18(23)17-14(15-6-7-16(22)20(11,15)3)5-4-12-10-13(21)8-9-19(12,17)2/h10-11,14-18,22-23H,4-9H2,1-3H3/t11-,14+,15+,16-,17-,18-,19+,20+/m1/s1. The number of fused-ring (bicyclic) bond motifs is 5. The third-order valence-corrected chi connectivity index (χ3v) is 8.55. The number of hydrogen-bond donors (Lipinski definition) is 2. The van der Waals surface area contributed by atoms with Gasteiger partial charge in [0.15, 0.2) is 5.78 Å². The molecular weight excluding hydrogens is 288 g/mol. The maximum atomic E-state index is 11.9. The predicted octanol–water partition coefficient (Wildman–Crippen LogP) is 3.10. The van der Waals surface area contributed by atoms with Gasteiger partial charge in [-0.15, -0.1) is 0 Å². The van der Waals surface area contributed by atoms with Gasteiger partial charge < -0.3 is 10.2 Å². The van der Waals surface area contributed by atoms with E-state index in [1.54, 1.807) is 0 Å². The molecule has 0 saturated heterocycles. The van der Waals surface area contributed by atoms with E-state index in [1.165, 1.54) is 5.57 Å². The summed E-state index contributed by atoms with van der Waals surface area (Å²) in [5.41, 5.74) is 1.10.